The summed E-state index contributed by atoms with van der Waals surface area (Å²) < 4.78 is 38.2. The number of benzene rings is 2. The van der Waals surface area contributed by atoms with Gasteiger partial charge in [-0.05, 0) is 12.5 Å². The summed E-state index contributed by atoms with van der Waals surface area (Å²) in [6, 6.07) is 17.7. The number of nitrogens with zero attached hydrogens (tertiary/aromatic N) is 4. The minimum atomic E-state index is -4.17. The van der Waals surface area contributed by atoms with Crippen molar-refractivity contribution in [1.82, 2.24) is 14.9 Å². The van der Waals surface area contributed by atoms with Gasteiger partial charge >= 0.3 is 6.18 Å². The number of para-hydroxylation sites is 1. The van der Waals surface area contributed by atoms with Gasteiger partial charge in [0, 0.05) is 37.1 Å². The average molecular weight is 386 g/mol. The minimum absolute atomic E-state index is 0.344. The van der Waals surface area contributed by atoms with Crippen molar-refractivity contribution >= 4 is 16.9 Å². The van der Waals surface area contributed by atoms with E-state index >= 15 is 0 Å². The molecule has 2 aromatic carbocycles. The number of rotatable bonds is 3. The second-order valence-electron chi connectivity index (χ2n) is 6.99. The molecule has 1 aromatic heterocycles. The molecule has 0 aliphatic carbocycles. The van der Waals surface area contributed by atoms with Gasteiger partial charge in [0.1, 0.15) is 0 Å². The van der Waals surface area contributed by atoms with Crippen molar-refractivity contribution in [2.75, 3.05) is 37.6 Å². The summed E-state index contributed by atoms with van der Waals surface area (Å²) in [5.41, 5.74) is 2.68. The SMILES string of the molecule is FC(F)(F)CN1CCCN(c2nc(-c3ccccc3)c3ccccc3n2)CC1. The number of hydrogen-bond donors (Lipinski definition) is 0. The molecule has 7 heteroatoms. The van der Waals surface area contributed by atoms with E-state index in [1.165, 1.54) is 4.90 Å². The molecule has 1 fully saturated rings. The summed E-state index contributed by atoms with van der Waals surface area (Å²) in [6.45, 7) is 1.02. The van der Waals surface area contributed by atoms with E-state index in [2.05, 4.69) is 0 Å². The van der Waals surface area contributed by atoms with Gasteiger partial charge in [0.2, 0.25) is 5.95 Å². The average Bonchev–Trinajstić information content (AvgIpc) is 2.92. The predicted octanol–water partition coefficient (Wildman–Crippen LogP) is 4.37. The largest absolute Gasteiger partial charge is 0.401 e. The van der Waals surface area contributed by atoms with Crippen LogP contribution in [0, 0.1) is 0 Å². The molecule has 1 aliphatic rings. The quantitative estimate of drug-likeness (QED) is 0.669. The lowest BCUT2D eigenvalue weighted by Crippen LogP contribution is -2.37. The van der Waals surface area contributed by atoms with Crippen LogP contribution in [0.4, 0.5) is 19.1 Å². The highest BCUT2D eigenvalue weighted by atomic mass is 19.4. The van der Waals surface area contributed by atoms with Crippen LogP contribution in [0.2, 0.25) is 0 Å². The molecule has 1 aliphatic heterocycles. The van der Waals surface area contributed by atoms with Crippen LogP contribution in [0.1, 0.15) is 6.42 Å². The molecule has 2 heterocycles. The van der Waals surface area contributed by atoms with E-state index in [9.17, 15) is 13.2 Å². The number of hydrogen-bond acceptors (Lipinski definition) is 4. The molecule has 146 valence electrons. The molecule has 28 heavy (non-hydrogen) atoms. The highest BCUT2D eigenvalue weighted by molar-refractivity contribution is 5.93. The van der Waals surface area contributed by atoms with Crippen LogP contribution in [0.5, 0.6) is 0 Å². The maximum Gasteiger partial charge on any atom is 0.401 e. The molecule has 0 amide bonds. The van der Waals surface area contributed by atoms with Crippen LogP contribution < -0.4 is 4.90 Å². The van der Waals surface area contributed by atoms with Gasteiger partial charge in [0.05, 0.1) is 17.8 Å². The first-order valence-electron chi connectivity index (χ1n) is 9.36. The topological polar surface area (TPSA) is 32.3 Å². The monoisotopic (exact) mass is 386 g/mol. The maximum atomic E-state index is 12.7. The van der Waals surface area contributed by atoms with E-state index in [1.54, 1.807) is 0 Å². The number of alkyl halides is 3. The van der Waals surface area contributed by atoms with Crippen molar-refractivity contribution in [3.05, 3.63) is 54.6 Å². The molecule has 0 N–H and O–H groups in total. The van der Waals surface area contributed by atoms with Crippen LogP contribution in [-0.2, 0) is 0 Å². The van der Waals surface area contributed by atoms with Crippen LogP contribution in [0.3, 0.4) is 0 Å². The zero-order valence-electron chi connectivity index (χ0n) is 15.4. The molecule has 1 saturated heterocycles. The normalized spacial score (nSPS) is 16.3. The van der Waals surface area contributed by atoms with Crippen molar-refractivity contribution < 1.29 is 13.2 Å². The Kier molecular flexibility index (Phi) is 5.17. The minimum Gasteiger partial charge on any atom is -0.339 e. The van der Waals surface area contributed by atoms with Crippen molar-refractivity contribution in [2.24, 2.45) is 0 Å². The Balaban J connectivity index is 1.66. The summed E-state index contributed by atoms with van der Waals surface area (Å²) in [4.78, 5) is 13.0. The van der Waals surface area contributed by atoms with Crippen molar-refractivity contribution in [1.29, 1.82) is 0 Å². The third-order valence-electron chi connectivity index (χ3n) is 4.91. The Hall–Kier alpha value is -2.67. The maximum absolute atomic E-state index is 12.7. The fourth-order valence-electron chi connectivity index (χ4n) is 3.60. The van der Waals surface area contributed by atoms with Crippen LogP contribution >= 0.6 is 0 Å². The smallest absolute Gasteiger partial charge is 0.339 e. The predicted molar refractivity (Wildman–Crippen MR) is 104 cm³/mol. The molecule has 0 saturated carbocycles. The summed E-state index contributed by atoms with van der Waals surface area (Å²) >= 11 is 0. The summed E-state index contributed by atoms with van der Waals surface area (Å²) in [6.07, 6.45) is -3.53. The fourth-order valence-corrected chi connectivity index (χ4v) is 3.60. The Bertz CT molecular complexity index is 943. The van der Waals surface area contributed by atoms with E-state index in [0.717, 1.165) is 22.2 Å². The van der Waals surface area contributed by atoms with E-state index in [1.807, 2.05) is 59.5 Å². The zero-order valence-corrected chi connectivity index (χ0v) is 15.4. The molecule has 4 rings (SSSR count). The summed E-state index contributed by atoms with van der Waals surface area (Å²) in [5, 5.41) is 0.964. The third-order valence-corrected chi connectivity index (χ3v) is 4.91. The molecule has 0 bridgehead atoms. The first-order valence-corrected chi connectivity index (χ1v) is 9.36. The van der Waals surface area contributed by atoms with Crippen molar-refractivity contribution in [3.63, 3.8) is 0 Å². The molecule has 3 aromatic rings. The highest BCUT2D eigenvalue weighted by Crippen LogP contribution is 2.28. The van der Waals surface area contributed by atoms with Gasteiger partial charge in [-0.15, -0.1) is 0 Å². The number of aromatic nitrogens is 2. The van der Waals surface area contributed by atoms with Crippen molar-refractivity contribution in [2.45, 2.75) is 12.6 Å². The lowest BCUT2D eigenvalue weighted by Gasteiger charge is -2.23. The third kappa shape index (κ3) is 4.25. The standard InChI is InChI=1S/C21H21F3N4/c22-21(23,24)15-27-11-6-12-28(14-13-27)20-25-18-10-5-4-9-17(18)19(26-20)16-7-2-1-3-8-16/h1-5,7-10H,6,11-15H2. The van der Waals surface area contributed by atoms with E-state index in [4.69, 9.17) is 9.97 Å². The lowest BCUT2D eigenvalue weighted by molar-refractivity contribution is -0.145. The molecule has 0 radical (unpaired) electrons. The highest BCUT2D eigenvalue weighted by Gasteiger charge is 2.31. The first kappa shape index (κ1) is 18.7. The van der Waals surface area contributed by atoms with Gasteiger partial charge in [0.15, 0.2) is 0 Å². The Morgan fingerprint density at radius 1 is 0.821 bits per heavy atom. The fraction of sp³-hybridized carbons (Fsp3) is 0.333. The van der Waals surface area contributed by atoms with Crippen LogP contribution in [0.15, 0.2) is 54.6 Å². The van der Waals surface area contributed by atoms with Gasteiger partial charge in [-0.25, -0.2) is 9.97 Å². The van der Waals surface area contributed by atoms with Gasteiger partial charge in [-0.2, -0.15) is 13.2 Å². The van der Waals surface area contributed by atoms with Crippen LogP contribution in [-0.4, -0.2) is 53.8 Å². The van der Waals surface area contributed by atoms with Crippen molar-refractivity contribution in [3.8, 4) is 11.3 Å². The van der Waals surface area contributed by atoms with E-state index in [0.29, 0.717) is 38.5 Å². The summed E-state index contributed by atoms with van der Waals surface area (Å²) in [5.74, 6) is 0.575. The van der Waals surface area contributed by atoms with Gasteiger partial charge < -0.3 is 4.90 Å². The molecule has 0 atom stereocenters. The number of fused-ring (bicyclic) bond motifs is 1. The second kappa shape index (κ2) is 7.75. The lowest BCUT2D eigenvalue weighted by atomic mass is 10.1. The molecule has 0 unspecified atom stereocenters. The molecular formula is C21H21F3N4. The second-order valence-corrected chi connectivity index (χ2v) is 6.99. The van der Waals surface area contributed by atoms with Crippen LogP contribution in [0.25, 0.3) is 22.2 Å². The van der Waals surface area contributed by atoms with Gasteiger partial charge in [-0.3, -0.25) is 4.90 Å². The number of halogens is 3. The Morgan fingerprint density at radius 3 is 2.36 bits per heavy atom. The first-order chi connectivity index (χ1) is 13.5. The van der Waals surface area contributed by atoms with Gasteiger partial charge in [-0.1, -0.05) is 48.5 Å². The Labute approximate surface area is 161 Å². The van der Waals surface area contributed by atoms with E-state index in [-0.39, 0.29) is 0 Å². The Morgan fingerprint density at radius 2 is 1.57 bits per heavy atom. The molecule has 0 spiro atoms. The van der Waals surface area contributed by atoms with Gasteiger partial charge in [0.25, 0.3) is 0 Å². The zero-order chi connectivity index (χ0) is 19.6. The number of anilines is 1. The molecule has 4 nitrogen and oxygen atoms in total. The van der Waals surface area contributed by atoms with E-state index < -0.39 is 12.7 Å². The summed E-state index contributed by atoms with van der Waals surface area (Å²) in [7, 11) is 0. The molecular weight excluding hydrogens is 365 g/mol.